The van der Waals surface area contributed by atoms with Gasteiger partial charge in [0.05, 0.1) is 12.2 Å². The summed E-state index contributed by atoms with van der Waals surface area (Å²) in [6, 6.07) is 6.09. The van der Waals surface area contributed by atoms with Crippen LogP contribution in [0, 0.1) is 6.92 Å². The highest BCUT2D eigenvalue weighted by Crippen LogP contribution is 2.29. The number of anilines is 1. The van der Waals surface area contributed by atoms with E-state index in [1.54, 1.807) is 4.90 Å². The van der Waals surface area contributed by atoms with Crippen LogP contribution in [0.5, 0.6) is 0 Å². The maximum absolute atomic E-state index is 12.0. The van der Waals surface area contributed by atoms with Crippen molar-refractivity contribution in [2.24, 2.45) is 0 Å². The number of hydrogen-bond acceptors (Lipinski definition) is 2. The summed E-state index contributed by atoms with van der Waals surface area (Å²) in [6.07, 6.45) is 0.896. The molecule has 0 bridgehead atoms. The lowest BCUT2D eigenvalue weighted by molar-refractivity contribution is -0.116. The van der Waals surface area contributed by atoms with Gasteiger partial charge in [-0.2, -0.15) is 0 Å². The van der Waals surface area contributed by atoms with Crippen molar-refractivity contribution in [1.29, 1.82) is 0 Å². The second-order valence-electron chi connectivity index (χ2n) is 4.30. The van der Waals surface area contributed by atoms with Crippen LogP contribution >= 0.6 is 12.2 Å². The Labute approximate surface area is 107 Å². The van der Waals surface area contributed by atoms with Crippen LogP contribution in [0.4, 0.5) is 5.69 Å². The Bertz CT molecular complexity index is 484. The molecule has 0 radical (unpaired) electrons. The van der Waals surface area contributed by atoms with E-state index >= 15 is 0 Å². The number of hydrogen-bond donors (Lipinski definition) is 0. The van der Waals surface area contributed by atoms with Gasteiger partial charge in [-0.25, -0.2) is 0 Å². The molecule has 1 heterocycles. The zero-order valence-electron chi connectivity index (χ0n) is 10.4. The van der Waals surface area contributed by atoms with Gasteiger partial charge in [0, 0.05) is 7.05 Å². The largest absolute Gasteiger partial charge is 0.342 e. The summed E-state index contributed by atoms with van der Waals surface area (Å²) in [5.41, 5.74) is 3.22. The molecule has 0 aromatic heterocycles. The first-order valence-electron chi connectivity index (χ1n) is 5.72. The molecule has 1 saturated heterocycles. The molecule has 1 amide bonds. The molecule has 3 nitrogen and oxygen atoms in total. The summed E-state index contributed by atoms with van der Waals surface area (Å²) in [7, 11) is 1.85. The van der Waals surface area contributed by atoms with E-state index in [4.69, 9.17) is 12.2 Å². The average molecular weight is 248 g/mol. The van der Waals surface area contributed by atoms with Crippen molar-refractivity contribution in [3.63, 3.8) is 0 Å². The van der Waals surface area contributed by atoms with Crippen molar-refractivity contribution in [3.05, 3.63) is 29.3 Å². The van der Waals surface area contributed by atoms with Gasteiger partial charge in [-0.15, -0.1) is 0 Å². The summed E-state index contributed by atoms with van der Waals surface area (Å²) >= 11 is 5.32. The molecule has 1 aliphatic heterocycles. The van der Waals surface area contributed by atoms with Crippen LogP contribution in [-0.2, 0) is 11.2 Å². The fourth-order valence-corrected chi connectivity index (χ4v) is 2.42. The number of nitrogens with zero attached hydrogens (tertiary/aromatic N) is 2. The minimum atomic E-state index is 0.0569. The highest BCUT2D eigenvalue weighted by atomic mass is 32.1. The number of amides is 1. The zero-order chi connectivity index (χ0) is 12.6. The van der Waals surface area contributed by atoms with Crippen LogP contribution < -0.4 is 4.90 Å². The molecule has 0 unspecified atom stereocenters. The minimum absolute atomic E-state index is 0.0569. The van der Waals surface area contributed by atoms with E-state index in [1.165, 1.54) is 0 Å². The zero-order valence-corrected chi connectivity index (χ0v) is 11.2. The van der Waals surface area contributed by atoms with E-state index in [0.29, 0.717) is 11.7 Å². The molecule has 0 spiro atoms. The summed E-state index contributed by atoms with van der Waals surface area (Å²) < 4.78 is 0. The molecule has 1 fully saturated rings. The smallest absolute Gasteiger partial charge is 0.252 e. The molecule has 17 heavy (non-hydrogen) atoms. The quantitative estimate of drug-likeness (QED) is 0.749. The van der Waals surface area contributed by atoms with Crippen molar-refractivity contribution < 1.29 is 4.79 Å². The van der Waals surface area contributed by atoms with Gasteiger partial charge in [0.15, 0.2) is 5.11 Å². The molecule has 2 rings (SSSR count). The van der Waals surface area contributed by atoms with Gasteiger partial charge in [-0.3, -0.25) is 9.69 Å². The van der Waals surface area contributed by atoms with E-state index in [-0.39, 0.29) is 5.91 Å². The molecule has 90 valence electrons. The third-order valence-electron chi connectivity index (χ3n) is 3.07. The lowest BCUT2D eigenvalue weighted by atomic mass is 10.0. The standard InChI is InChI=1S/C13H16N2OS/c1-4-10-7-5-6-9(2)12(10)15-11(16)8-14(3)13(15)17/h5-7H,4,8H2,1-3H3. The Morgan fingerprint density at radius 1 is 1.41 bits per heavy atom. The predicted molar refractivity (Wildman–Crippen MR) is 73.3 cm³/mol. The van der Waals surface area contributed by atoms with Gasteiger partial charge in [-0.05, 0) is 36.7 Å². The summed E-state index contributed by atoms with van der Waals surface area (Å²) in [5, 5.41) is 0.596. The molecule has 1 aromatic rings. The Morgan fingerprint density at radius 3 is 2.65 bits per heavy atom. The van der Waals surface area contributed by atoms with Crippen molar-refractivity contribution in [3.8, 4) is 0 Å². The van der Waals surface area contributed by atoms with Gasteiger partial charge in [0.25, 0.3) is 5.91 Å². The number of para-hydroxylation sites is 1. The molecule has 0 saturated carbocycles. The Morgan fingerprint density at radius 2 is 2.12 bits per heavy atom. The highest BCUT2D eigenvalue weighted by Gasteiger charge is 2.33. The lowest BCUT2D eigenvalue weighted by Gasteiger charge is -2.22. The number of thiocarbonyl (C=S) groups is 1. The number of likely N-dealkylation sites (N-methyl/N-ethyl adjacent to an activating group) is 1. The van der Waals surface area contributed by atoms with E-state index < -0.39 is 0 Å². The van der Waals surface area contributed by atoms with Crippen LogP contribution in [0.15, 0.2) is 18.2 Å². The lowest BCUT2D eigenvalue weighted by Crippen LogP contribution is -2.32. The first kappa shape index (κ1) is 12.0. The van der Waals surface area contributed by atoms with E-state index in [0.717, 1.165) is 23.2 Å². The third kappa shape index (κ3) is 1.93. The van der Waals surface area contributed by atoms with E-state index in [2.05, 4.69) is 13.0 Å². The average Bonchev–Trinajstić information content (AvgIpc) is 2.54. The molecule has 1 aromatic carbocycles. The number of carbonyl (C=O) groups is 1. The van der Waals surface area contributed by atoms with Crippen molar-refractivity contribution in [1.82, 2.24) is 4.90 Å². The van der Waals surface area contributed by atoms with Crippen LogP contribution in [-0.4, -0.2) is 29.5 Å². The molecular weight excluding hydrogens is 232 g/mol. The first-order chi connectivity index (χ1) is 8.06. The van der Waals surface area contributed by atoms with Crippen LogP contribution in [0.25, 0.3) is 0 Å². The summed E-state index contributed by atoms with van der Waals surface area (Å²) in [5.74, 6) is 0.0569. The number of carbonyl (C=O) groups excluding carboxylic acids is 1. The second kappa shape index (κ2) is 4.45. The molecule has 1 aliphatic rings. The Balaban J connectivity index is 2.54. The maximum atomic E-state index is 12.0. The van der Waals surface area contributed by atoms with E-state index in [9.17, 15) is 4.79 Å². The second-order valence-corrected chi connectivity index (χ2v) is 4.67. The van der Waals surface area contributed by atoms with Crippen molar-refractivity contribution in [2.75, 3.05) is 18.5 Å². The third-order valence-corrected chi connectivity index (χ3v) is 3.56. The normalized spacial score (nSPS) is 15.9. The van der Waals surface area contributed by atoms with Crippen LogP contribution in [0.1, 0.15) is 18.1 Å². The molecule has 0 N–H and O–H groups in total. The van der Waals surface area contributed by atoms with Crippen molar-refractivity contribution >= 4 is 28.9 Å². The van der Waals surface area contributed by atoms with Crippen molar-refractivity contribution in [2.45, 2.75) is 20.3 Å². The minimum Gasteiger partial charge on any atom is -0.342 e. The Hall–Kier alpha value is -1.42. The molecule has 0 aliphatic carbocycles. The molecule has 0 atom stereocenters. The maximum Gasteiger partial charge on any atom is 0.252 e. The van der Waals surface area contributed by atoms with Gasteiger partial charge in [0.2, 0.25) is 0 Å². The van der Waals surface area contributed by atoms with Gasteiger partial charge in [-0.1, -0.05) is 25.1 Å². The number of rotatable bonds is 2. The van der Waals surface area contributed by atoms with Gasteiger partial charge < -0.3 is 4.90 Å². The monoisotopic (exact) mass is 248 g/mol. The molecule has 4 heteroatoms. The van der Waals surface area contributed by atoms with Crippen LogP contribution in [0.2, 0.25) is 0 Å². The van der Waals surface area contributed by atoms with E-state index in [1.807, 2.05) is 31.0 Å². The summed E-state index contributed by atoms with van der Waals surface area (Å²) in [6.45, 7) is 4.48. The fourth-order valence-electron chi connectivity index (χ4n) is 2.16. The predicted octanol–water partition coefficient (Wildman–Crippen LogP) is 2.12. The fraction of sp³-hybridized carbons (Fsp3) is 0.385. The van der Waals surface area contributed by atoms with Gasteiger partial charge in [0.1, 0.15) is 0 Å². The molecular formula is C13H16N2OS. The Kier molecular flexibility index (Phi) is 3.15. The summed E-state index contributed by atoms with van der Waals surface area (Å²) in [4.78, 5) is 15.5. The topological polar surface area (TPSA) is 23.6 Å². The number of benzene rings is 1. The number of aryl methyl sites for hydroxylation is 2. The van der Waals surface area contributed by atoms with Crippen LogP contribution in [0.3, 0.4) is 0 Å². The van der Waals surface area contributed by atoms with Gasteiger partial charge >= 0.3 is 0 Å². The SMILES string of the molecule is CCc1cccc(C)c1N1C(=O)CN(C)C1=S. The highest BCUT2D eigenvalue weighted by molar-refractivity contribution is 7.80. The first-order valence-corrected chi connectivity index (χ1v) is 6.13.